The number of carbonyl (C=O) groups is 1. The van der Waals surface area contributed by atoms with Gasteiger partial charge >= 0.3 is 5.97 Å². The van der Waals surface area contributed by atoms with Crippen LogP contribution in [0.5, 0.6) is 0 Å². The van der Waals surface area contributed by atoms with Crippen LogP contribution in [-0.2, 0) is 11.3 Å². The van der Waals surface area contributed by atoms with Gasteiger partial charge in [-0.1, -0.05) is 41.9 Å². The first-order chi connectivity index (χ1) is 10.4. The van der Waals surface area contributed by atoms with Crippen molar-refractivity contribution < 1.29 is 9.53 Å². The van der Waals surface area contributed by atoms with E-state index in [0.717, 1.165) is 11.3 Å². The van der Waals surface area contributed by atoms with E-state index in [2.05, 4.69) is 5.32 Å². The molecule has 0 saturated heterocycles. The van der Waals surface area contributed by atoms with Crippen molar-refractivity contribution in [3.05, 3.63) is 64.7 Å². The van der Waals surface area contributed by atoms with Gasteiger partial charge in [0.05, 0.1) is 5.56 Å². The third-order valence-corrected chi connectivity index (χ3v) is 3.34. The van der Waals surface area contributed by atoms with Crippen LogP contribution in [0.2, 0.25) is 5.02 Å². The van der Waals surface area contributed by atoms with E-state index in [4.69, 9.17) is 16.3 Å². The Morgan fingerprint density at radius 3 is 2.41 bits per heavy atom. The maximum Gasteiger partial charge on any atom is 0.340 e. The Balaban J connectivity index is 2.15. The van der Waals surface area contributed by atoms with Gasteiger partial charge < -0.3 is 10.1 Å². The third-order valence-electron chi connectivity index (χ3n) is 2.97. The van der Waals surface area contributed by atoms with Crippen LogP contribution in [0.3, 0.4) is 0 Å². The second-order valence-corrected chi connectivity index (χ2v) is 6.40. The van der Waals surface area contributed by atoms with Gasteiger partial charge in [0.15, 0.2) is 0 Å². The molecule has 0 amide bonds. The number of benzene rings is 2. The largest absolute Gasteiger partial charge is 0.456 e. The summed E-state index contributed by atoms with van der Waals surface area (Å²) < 4.78 is 5.44. The zero-order valence-corrected chi connectivity index (χ0v) is 13.8. The maximum atomic E-state index is 12.3. The van der Waals surface area contributed by atoms with Gasteiger partial charge in [0.2, 0.25) is 0 Å². The van der Waals surface area contributed by atoms with Crippen LogP contribution in [0.1, 0.15) is 36.7 Å². The van der Waals surface area contributed by atoms with Crippen molar-refractivity contribution in [2.24, 2.45) is 0 Å². The molecular weight excluding hydrogens is 298 g/mol. The lowest BCUT2D eigenvalue weighted by Gasteiger charge is -2.20. The number of rotatable bonds is 4. The maximum absolute atomic E-state index is 12.3. The number of anilines is 1. The lowest BCUT2D eigenvalue weighted by atomic mass is 10.1. The Morgan fingerprint density at radius 2 is 1.73 bits per heavy atom. The molecule has 0 radical (unpaired) electrons. The number of carbonyl (C=O) groups excluding carboxylic acids is 1. The van der Waals surface area contributed by atoms with Crippen LogP contribution in [0, 0.1) is 0 Å². The molecular formula is C18H20ClNO2. The van der Waals surface area contributed by atoms with Gasteiger partial charge in [-0.05, 0) is 44.5 Å². The van der Waals surface area contributed by atoms with Gasteiger partial charge in [0.25, 0.3) is 0 Å². The molecule has 4 heteroatoms. The highest BCUT2D eigenvalue weighted by atomic mass is 35.5. The molecule has 0 atom stereocenters. The minimum absolute atomic E-state index is 0.338. The second kappa shape index (κ2) is 6.84. The van der Waals surface area contributed by atoms with Gasteiger partial charge in [0, 0.05) is 17.3 Å². The molecule has 0 aliphatic heterocycles. The van der Waals surface area contributed by atoms with Crippen LogP contribution in [-0.4, -0.2) is 11.6 Å². The van der Waals surface area contributed by atoms with Crippen molar-refractivity contribution in [2.75, 3.05) is 5.32 Å². The quantitative estimate of drug-likeness (QED) is 0.814. The molecule has 0 bridgehead atoms. The first kappa shape index (κ1) is 16.4. The van der Waals surface area contributed by atoms with Crippen LogP contribution >= 0.6 is 11.6 Å². The van der Waals surface area contributed by atoms with Gasteiger partial charge in [-0.15, -0.1) is 0 Å². The molecule has 2 aromatic rings. The van der Waals surface area contributed by atoms with E-state index in [1.807, 2.05) is 63.2 Å². The van der Waals surface area contributed by atoms with E-state index in [9.17, 15) is 4.79 Å². The van der Waals surface area contributed by atoms with Gasteiger partial charge in [0.1, 0.15) is 5.60 Å². The topological polar surface area (TPSA) is 38.3 Å². The fourth-order valence-electron chi connectivity index (χ4n) is 1.98. The standard InChI is InChI=1S/C18H20ClNO2/c1-18(2,3)22-17(21)14-9-5-7-11-16(14)20-12-13-8-4-6-10-15(13)19/h4-11,20H,12H2,1-3H3. The van der Waals surface area contributed by atoms with E-state index in [1.165, 1.54) is 0 Å². The SMILES string of the molecule is CC(C)(C)OC(=O)c1ccccc1NCc1ccccc1Cl. The van der Waals surface area contributed by atoms with Crippen molar-refractivity contribution >= 4 is 23.3 Å². The lowest BCUT2D eigenvalue weighted by molar-refractivity contribution is 0.00707. The van der Waals surface area contributed by atoms with Crippen molar-refractivity contribution in [3.63, 3.8) is 0 Å². The first-order valence-corrected chi connectivity index (χ1v) is 7.54. The fraction of sp³-hybridized carbons (Fsp3) is 0.278. The monoisotopic (exact) mass is 317 g/mol. The van der Waals surface area contributed by atoms with Crippen molar-refractivity contribution in [1.29, 1.82) is 0 Å². The molecule has 3 nitrogen and oxygen atoms in total. The van der Waals surface area contributed by atoms with Gasteiger partial charge in [-0.3, -0.25) is 0 Å². The zero-order chi connectivity index (χ0) is 16.2. The molecule has 0 saturated carbocycles. The molecule has 1 N–H and O–H groups in total. The Morgan fingerprint density at radius 1 is 1.09 bits per heavy atom. The summed E-state index contributed by atoms with van der Waals surface area (Å²) >= 11 is 6.15. The molecule has 2 rings (SSSR count). The van der Waals surface area contributed by atoms with Crippen LogP contribution in [0.4, 0.5) is 5.69 Å². The van der Waals surface area contributed by atoms with Crippen molar-refractivity contribution in [3.8, 4) is 0 Å². The molecule has 0 heterocycles. The summed E-state index contributed by atoms with van der Waals surface area (Å²) in [6, 6.07) is 14.9. The highest BCUT2D eigenvalue weighted by Crippen LogP contribution is 2.22. The number of nitrogens with one attached hydrogen (secondary N) is 1. The summed E-state index contributed by atoms with van der Waals surface area (Å²) in [6.45, 7) is 6.10. The average Bonchev–Trinajstić information content (AvgIpc) is 2.45. The molecule has 0 fully saturated rings. The molecule has 0 spiro atoms. The highest BCUT2D eigenvalue weighted by Gasteiger charge is 2.20. The Hall–Kier alpha value is -2.00. The van der Waals surface area contributed by atoms with Crippen LogP contribution < -0.4 is 5.32 Å². The van der Waals surface area contributed by atoms with Crippen molar-refractivity contribution in [2.45, 2.75) is 32.9 Å². The van der Waals surface area contributed by atoms with Gasteiger partial charge in [-0.25, -0.2) is 4.79 Å². The summed E-state index contributed by atoms with van der Waals surface area (Å²) in [7, 11) is 0. The smallest absolute Gasteiger partial charge is 0.340 e. The summed E-state index contributed by atoms with van der Waals surface area (Å²) in [5, 5.41) is 3.95. The molecule has 0 unspecified atom stereocenters. The summed E-state index contributed by atoms with van der Waals surface area (Å²) in [5.74, 6) is -0.338. The third kappa shape index (κ3) is 4.50. The normalized spacial score (nSPS) is 11.1. The Kier molecular flexibility index (Phi) is 5.09. The van der Waals surface area contributed by atoms with Crippen LogP contribution in [0.15, 0.2) is 48.5 Å². The van der Waals surface area contributed by atoms with E-state index in [0.29, 0.717) is 17.1 Å². The molecule has 116 valence electrons. The van der Waals surface area contributed by atoms with Crippen LogP contribution in [0.25, 0.3) is 0 Å². The Labute approximate surface area is 136 Å². The summed E-state index contributed by atoms with van der Waals surface area (Å²) in [6.07, 6.45) is 0. The number of hydrogen-bond acceptors (Lipinski definition) is 3. The van der Waals surface area contributed by atoms with E-state index >= 15 is 0 Å². The first-order valence-electron chi connectivity index (χ1n) is 7.16. The fourth-order valence-corrected chi connectivity index (χ4v) is 2.18. The summed E-state index contributed by atoms with van der Waals surface area (Å²) in [4.78, 5) is 12.3. The van der Waals surface area contributed by atoms with E-state index in [1.54, 1.807) is 6.07 Å². The van der Waals surface area contributed by atoms with E-state index in [-0.39, 0.29) is 5.97 Å². The van der Waals surface area contributed by atoms with Gasteiger partial charge in [-0.2, -0.15) is 0 Å². The predicted molar refractivity (Wildman–Crippen MR) is 90.4 cm³/mol. The molecule has 0 aliphatic carbocycles. The Bertz CT molecular complexity index is 662. The predicted octanol–water partition coefficient (Wildman–Crippen LogP) is 4.91. The summed E-state index contributed by atoms with van der Waals surface area (Å²) in [5.41, 5.74) is 1.71. The molecule has 22 heavy (non-hydrogen) atoms. The highest BCUT2D eigenvalue weighted by molar-refractivity contribution is 6.31. The lowest BCUT2D eigenvalue weighted by Crippen LogP contribution is -2.24. The minimum Gasteiger partial charge on any atom is -0.456 e. The number of hydrogen-bond donors (Lipinski definition) is 1. The minimum atomic E-state index is -0.521. The number of para-hydroxylation sites is 1. The number of halogens is 1. The average molecular weight is 318 g/mol. The number of esters is 1. The second-order valence-electron chi connectivity index (χ2n) is 5.99. The van der Waals surface area contributed by atoms with E-state index < -0.39 is 5.60 Å². The molecule has 2 aromatic carbocycles. The zero-order valence-electron chi connectivity index (χ0n) is 13.0. The molecule has 0 aromatic heterocycles. The molecule has 0 aliphatic rings. The van der Waals surface area contributed by atoms with Crippen molar-refractivity contribution in [1.82, 2.24) is 0 Å². The number of ether oxygens (including phenoxy) is 1.